The lowest BCUT2D eigenvalue weighted by molar-refractivity contribution is 0.554. The van der Waals surface area contributed by atoms with Crippen molar-refractivity contribution in [1.29, 1.82) is 0 Å². The molecule has 0 fully saturated rings. The molecule has 0 spiro atoms. The van der Waals surface area contributed by atoms with Crippen LogP contribution in [0.5, 0.6) is 0 Å². The Morgan fingerprint density at radius 3 is 2.68 bits per heavy atom. The predicted molar refractivity (Wildman–Crippen MR) is 83.8 cm³/mol. The second-order valence-electron chi connectivity index (χ2n) is 4.71. The van der Waals surface area contributed by atoms with Crippen LogP contribution in [0.25, 0.3) is 11.1 Å². The highest BCUT2D eigenvalue weighted by molar-refractivity contribution is 7.92. The molecule has 0 saturated heterocycles. The third-order valence-corrected chi connectivity index (χ3v) is 4.96. The van der Waals surface area contributed by atoms with Crippen LogP contribution in [0.3, 0.4) is 0 Å². The Kier molecular flexibility index (Phi) is 3.46. The highest BCUT2D eigenvalue weighted by Gasteiger charge is 2.20. The Morgan fingerprint density at radius 2 is 1.95 bits per heavy atom. The number of sulfonamides is 1. The Morgan fingerprint density at radius 1 is 1.23 bits per heavy atom. The number of aryl methyl sites for hydroxylation is 1. The van der Waals surface area contributed by atoms with E-state index in [2.05, 4.69) is 9.71 Å². The summed E-state index contributed by atoms with van der Waals surface area (Å²) >= 11 is 5.96. The van der Waals surface area contributed by atoms with Gasteiger partial charge in [0, 0.05) is 6.07 Å². The van der Waals surface area contributed by atoms with E-state index in [-0.39, 0.29) is 21.2 Å². The lowest BCUT2D eigenvalue weighted by atomic mass is 10.2. The van der Waals surface area contributed by atoms with Crippen LogP contribution >= 0.6 is 11.6 Å². The van der Waals surface area contributed by atoms with E-state index in [1.165, 1.54) is 6.07 Å². The standard InChI is InChI=1S/C14H11ClN2O4S/c1-8-6-11-12(21-14(18)16-11)7-13(8)22(19,20)17-10-5-3-2-4-9(10)15/h2-7,17H,1H3,(H,16,18). The average Bonchev–Trinajstić information content (AvgIpc) is 2.79. The number of para-hydroxylation sites is 1. The zero-order valence-electron chi connectivity index (χ0n) is 11.4. The molecule has 0 unspecified atom stereocenters. The number of nitrogens with one attached hydrogen (secondary N) is 2. The fourth-order valence-corrected chi connectivity index (χ4v) is 3.68. The van der Waals surface area contributed by atoms with E-state index < -0.39 is 15.8 Å². The number of aromatic nitrogens is 1. The van der Waals surface area contributed by atoms with Crippen molar-refractivity contribution in [3.8, 4) is 0 Å². The maximum atomic E-state index is 12.5. The molecule has 3 rings (SSSR count). The number of fused-ring (bicyclic) bond motifs is 1. The van der Waals surface area contributed by atoms with Crippen molar-refractivity contribution in [2.75, 3.05) is 4.72 Å². The fourth-order valence-electron chi connectivity index (χ4n) is 2.12. The minimum Gasteiger partial charge on any atom is -0.408 e. The first-order valence-electron chi connectivity index (χ1n) is 6.27. The first kappa shape index (κ1) is 14.7. The Hall–Kier alpha value is -2.25. The molecule has 22 heavy (non-hydrogen) atoms. The van der Waals surface area contributed by atoms with Crippen molar-refractivity contribution < 1.29 is 12.8 Å². The first-order chi connectivity index (χ1) is 10.4. The van der Waals surface area contributed by atoms with Crippen molar-refractivity contribution in [2.45, 2.75) is 11.8 Å². The minimum atomic E-state index is -3.86. The number of hydrogen-bond acceptors (Lipinski definition) is 4. The normalized spacial score (nSPS) is 11.7. The van der Waals surface area contributed by atoms with E-state index in [1.807, 2.05) is 0 Å². The van der Waals surface area contributed by atoms with Crippen LogP contribution < -0.4 is 10.5 Å². The molecule has 6 nitrogen and oxygen atoms in total. The molecule has 8 heteroatoms. The van der Waals surface area contributed by atoms with Gasteiger partial charge in [0.25, 0.3) is 10.0 Å². The van der Waals surface area contributed by atoms with Gasteiger partial charge in [-0.2, -0.15) is 0 Å². The molecular weight excluding hydrogens is 328 g/mol. The van der Waals surface area contributed by atoms with Gasteiger partial charge >= 0.3 is 5.76 Å². The van der Waals surface area contributed by atoms with Gasteiger partial charge in [0.1, 0.15) is 0 Å². The highest BCUT2D eigenvalue weighted by atomic mass is 35.5. The van der Waals surface area contributed by atoms with Crippen molar-refractivity contribution in [3.05, 3.63) is 57.5 Å². The molecule has 3 aromatic rings. The Balaban J connectivity index is 2.10. The van der Waals surface area contributed by atoms with Gasteiger partial charge in [-0.1, -0.05) is 23.7 Å². The van der Waals surface area contributed by atoms with Crippen molar-refractivity contribution in [1.82, 2.24) is 4.98 Å². The van der Waals surface area contributed by atoms with Gasteiger partial charge < -0.3 is 4.42 Å². The molecule has 0 amide bonds. The van der Waals surface area contributed by atoms with Crippen molar-refractivity contribution >= 4 is 38.4 Å². The summed E-state index contributed by atoms with van der Waals surface area (Å²) in [4.78, 5) is 13.7. The van der Waals surface area contributed by atoms with Gasteiger partial charge in [-0.25, -0.2) is 13.2 Å². The van der Waals surface area contributed by atoms with Crippen LogP contribution in [-0.4, -0.2) is 13.4 Å². The third kappa shape index (κ3) is 2.60. The van der Waals surface area contributed by atoms with Crippen LogP contribution in [0.1, 0.15) is 5.56 Å². The largest absolute Gasteiger partial charge is 0.417 e. The first-order valence-corrected chi connectivity index (χ1v) is 8.14. The molecule has 0 bridgehead atoms. The molecular formula is C14H11ClN2O4S. The van der Waals surface area contributed by atoms with E-state index in [0.29, 0.717) is 11.1 Å². The lowest BCUT2D eigenvalue weighted by Gasteiger charge is -2.11. The number of benzene rings is 2. The topological polar surface area (TPSA) is 92.2 Å². The summed E-state index contributed by atoms with van der Waals surface area (Å²) in [6, 6.07) is 9.37. The number of oxazole rings is 1. The zero-order valence-corrected chi connectivity index (χ0v) is 13.0. The molecule has 0 atom stereocenters. The minimum absolute atomic E-state index is 0.0164. The number of halogens is 1. The molecule has 0 aliphatic heterocycles. The average molecular weight is 339 g/mol. The van der Waals surface area contributed by atoms with Gasteiger partial charge in [-0.3, -0.25) is 9.71 Å². The van der Waals surface area contributed by atoms with Crippen LogP contribution in [0, 0.1) is 6.92 Å². The summed E-state index contributed by atoms with van der Waals surface area (Å²) in [5.41, 5.74) is 1.37. The number of aromatic amines is 1. The SMILES string of the molecule is Cc1cc2[nH]c(=O)oc2cc1S(=O)(=O)Nc1ccccc1Cl. The summed E-state index contributed by atoms with van der Waals surface area (Å²) in [7, 11) is -3.86. The Labute approximate surface area is 130 Å². The predicted octanol–water partition coefficient (Wildman–Crippen LogP) is 2.88. The highest BCUT2D eigenvalue weighted by Crippen LogP contribution is 2.27. The van der Waals surface area contributed by atoms with Crippen LogP contribution in [0.15, 0.2) is 50.5 Å². The lowest BCUT2D eigenvalue weighted by Crippen LogP contribution is -2.14. The molecule has 1 aromatic heterocycles. The monoisotopic (exact) mass is 338 g/mol. The summed E-state index contributed by atoms with van der Waals surface area (Å²) < 4.78 is 32.4. The van der Waals surface area contributed by atoms with Gasteiger partial charge in [0.2, 0.25) is 0 Å². The fraction of sp³-hybridized carbons (Fsp3) is 0.0714. The summed E-state index contributed by atoms with van der Waals surface area (Å²) in [6.07, 6.45) is 0. The van der Waals surface area contributed by atoms with Crippen molar-refractivity contribution in [2.24, 2.45) is 0 Å². The molecule has 2 N–H and O–H groups in total. The quantitative estimate of drug-likeness (QED) is 0.768. The van der Waals surface area contributed by atoms with E-state index in [0.717, 1.165) is 0 Å². The molecule has 1 heterocycles. The molecule has 0 radical (unpaired) electrons. The number of H-pyrrole nitrogens is 1. The second-order valence-corrected chi connectivity index (χ2v) is 6.77. The second kappa shape index (κ2) is 5.19. The Bertz CT molecular complexity index is 1020. The van der Waals surface area contributed by atoms with Crippen LogP contribution in [0.2, 0.25) is 5.02 Å². The number of hydrogen-bond donors (Lipinski definition) is 2. The molecule has 2 aromatic carbocycles. The van der Waals surface area contributed by atoms with E-state index in [9.17, 15) is 13.2 Å². The molecule has 0 aliphatic rings. The maximum Gasteiger partial charge on any atom is 0.417 e. The van der Waals surface area contributed by atoms with E-state index >= 15 is 0 Å². The van der Waals surface area contributed by atoms with Crippen LogP contribution in [0.4, 0.5) is 5.69 Å². The summed E-state index contributed by atoms with van der Waals surface area (Å²) in [5, 5.41) is 0.290. The van der Waals surface area contributed by atoms with Gasteiger partial charge in [-0.05, 0) is 30.7 Å². The van der Waals surface area contributed by atoms with Crippen molar-refractivity contribution in [3.63, 3.8) is 0 Å². The summed E-state index contributed by atoms with van der Waals surface area (Å²) in [5.74, 6) is -0.636. The molecule has 0 saturated carbocycles. The van der Waals surface area contributed by atoms with E-state index in [4.69, 9.17) is 16.0 Å². The maximum absolute atomic E-state index is 12.5. The molecule has 114 valence electrons. The summed E-state index contributed by atoms with van der Waals surface area (Å²) in [6.45, 7) is 1.63. The smallest absolute Gasteiger partial charge is 0.408 e. The number of anilines is 1. The number of rotatable bonds is 3. The molecule has 0 aliphatic carbocycles. The van der Waals surface area contributed by atoms with Gasteiger partial charge in [0.15, 0.2) is 5.58 Å². The van der Waals surface area contributed by atoms with E-state index in [1.54, 1.807) is 37.3 Å². The van der Waals surface area contributed by atoms with Gasteiger partial charge in [0.05, 0.1) is 21.1 Å². The third-order valence-electron chi connectivity index (χ3n) is 3.12. The van der Waals surface area contributed by atoms with Crippen LogP contribution in [-0.2, 0) is 10.0 Å². The van der Waals surface area contributed by atoms with Gasteiger partial charge in [-0.15, -0.1) is 0 Å². The zero-order chi connectivity index (χ0) is 15.9.